The van der Waals surface area contributed by atoms with Gasteiger partial charge in [0, 0.05) is 38.1 Å². The average Bonchev–Trinajstić information content (AvgIpc) is 3.33. The Labute approximate surface area is 177 Å². The van der Waals surface area contributed by atoms with Crippen molar-refractivity contribution in [3.63, 3.8) is 0 Å². The number of likely N-dealkylation sites (tertiary alicyclic amines) is 2. The molecule has 0 bridgehead atoms. The fourth-order valence-corrected chi connectivity index (χ4v) is 5.07. The summed E-state index contributed by atoms with van der Waals surface area (Å²) in [7, 11) is 0. The molecule has 0 saturated carbocycles. The van der Waals surface area contributed by atoms with Crippen molar-refractivity contribution in [2.75, 3.05) is 26.2 Å². The Morgan fingerprint density at radius 2 is 1.77 bits per heavy atom. The zero-order valence-electron chi connectivity index (χ0n) is 16.6. The van der Waals surface area contributed by atoms with Gasteiger partial charge in [-0.05, 0) is 37.0 Å². The first-order chi connectivity index (χ1) is 14.2. The molecule has 2 N–H and O–H groups in total. The lowest BCUT2D eigenvalue weighted by Crippen LogP contribution is -2.42. The molecule has 0 amide bonds. The van der Waals surface area contributed by atoms with Gasteiger partial charge < -0.3 is 10.2 Å². The lowest BCUT2D eigenvalue weighted by Gasteiger charge is -2.37. The van der Waals surface area contributed by atoms with Crippen LogP contribution in [-0.2, 0) is 24.9 Å². The molecule has 0 spiro atoms. The number of alkyl halides is 3. The Hall–Kier alpha value is -1.52. The predicted molar refractivity (Wildman–Crippen MR) is 108 cm³/mol. The second kappa shape index (κ2) is 8.55. The smallest absolute Gasteiger partial charge is 0.392 e. The second-order valence-electron chi connectivity index (χ2n) is 8.31. The minimum Gasteiger partial charge on any atom is -0.392 e. The third-order valence-corrected chi connectivity index (χ3v) is 6.84. The number of thiazole rings is 1. The van der Waals surface area contributed by atoms with Crippen LogP contribution in [0.5, 0.6) is 0 Å². The minimum absolute atomic E-state index is 0.261. The fourth-order valence-electron chi connectivity index (χ4n) is 4.14. The van der Waals surface area contributed by atoms with Gasteiger partial charge in [0.2, 0.25) is 0 Å². The predicted octanol–water partition coefficient (Wildman–Crippen LogP) is 3.21. The van der Waals surface area contributed by atoms with E-state index in [1.165, 1.54) is 23.5 Å². The van der Waals surface area contributed by atoms with E-state index in [1.54, 1.807) is 0 Å². The van der Waals surface area contributed by atoms with Gasteiger partial charge in [-0.15, -0.1) is 11.3 Å². The van der Waals surface area contributed by atoms with Gasteiger partial charge in [-0.25, -0.2) is 4.98 Å². The van der Waals surface area contributed by atoms with Crippen LogP contribution in [-0.4, -0.2) is 57.3 Å². The van der Waals surface area contributed by atoms with E-state index in [-0.39, 0.29) is 6.10 Å². The van der Waals surface area contributed by atoms with Crippen molar-refractivity contribution in [1.29, 1.82) is 0 Å². The summed E-state index contributed by atoms with van der Waals surface area (Å²) in [5, 5.41) is 23.6. The van der Waals surface area contributed by atoms with Crippen LogP contribution in [0, 0.1) is 0 Å². The SMILES string of the molecule is OC1CCN(Cc2nc(C3(O)CCN(Cc4ccc(C(F)(F)F)cc4)CC3)cs2)C1. The lowest BCUT2D eigenvalue weighted by atomic mass is 9.88. The summed E-state index contributed by atoms with van der Waals surface area (Å²) in [6.45, 7) is 4.09. The third-order valence-electron chi connectivity index (χ3n) is 6.01. The normalized spacial score (nSPS) is 23.2. The molecule has 2 fully saturated rings. The van der Waals surface area contributed by atoms with Crippen LogP contribution in [0.25, 0.3) is 0 Å². The molecule has 164 valence electrons. The van der Waals surface area contributed by atoms with E-state index >= 15 is 0 Å². The van der Waals surface area contributed by atoms with Crippen LogP contribution < -0.4 is 0 Å². The van der Waals surface area contributed by atoms with E-state index in [1.807, 2.05) is 5.38 Å². The van der Waals surface area contributed by atoms with Crippen molar-refractivity contribution in [1.82, 2.24) is 14.8 Å². The molecule has 1 aromatic heterocycles. The molecule has 2 aromatic rings. The van der Waals surface area contributed by atoms with Crippen molar-refractivity contribution >= 4 is 11.3 Å². The maximum absolute atomic E-state index is 12.7. The second-order valence-corrected chi connectivity index (χ2v) is 9.25. The topological polar surface area (TPSA) is 59.8 Å². The van der Waals surface area contributed by atoms with Crippen LogP contribution in [0.2, 0.25) is 0 Å². The summed E-state index contributed by atoms with van der Waals surface area (Å²) in [5.41, 5.74) is -0.0636. The van der Waals surface area contributed by atoms with E-state index in [0.29, 0.717) is 51.3 Å². The monoisotopic (exact) mass is 441 g/mol. The highest BCUT2D eigenvalue weighted by molar-refractivity contribution is 7.09. The van der Waals surface area contributed by atoms with E-state index < -0.39 is 17.3 Å². The van der Waals surface area contributed by atoms with Gasteiger partial charge in [0.15, 0.2) is 0 Å². The molecule has 9 heteroatoms. The summed E-state index contributed by atoms with van der Waals surface area (Å²) in [4.78, 5) is 8.98. The highest BCUT2D eigenvalue weighted by Crippen LogP contribution is 2.34. The number of halogens is 3. The first-order valence-corrected chi connectivity index (χ1v) is 11.1. The van der Waals surface area contributed by atoms with Crippen LogP contribution in [0.1, 0.15) is 41.1 Å². The molecule has 4 rings (SSSR count). The Bertz CT molecular complexity index is 848. The average molecular weight is 442 g/mol. The number of β-amino-alcohol motifs (C(OH)–C–C–N with tert-alkyl or cyclic N) is 1. The third kappa shape index (κ3) is 5.03. The van der Waals surface area contributed by atoms with Crippen molar-refractivity contribution < 1.29 is 23.4 Å². The number of hydrogen-bond acceptors (Lipinski definition) is 6. The molecule has 2 saturated heterocycles. The quantitative estimate of drug-likeness (QED) is 0.746. The molecule has 30 heavy (non-hydrogen) atoms. The van der Waals surface area contributed by atoms with Gasteiger partial charge in [0.05, 0.1) is 23.9 Å². The summed E-state index contributed by atoms with van der Waals surface area (Å²) in [6, 6.07) is 5.27. The van der Waals surface area contributed by atoms with Crippen LogP contribution >= 0.6 is 11.3 Å². The van der Waals surface area contributed by atoms with Gasteiger partial charge in [-0.1, -0.05) is 12.1 Å². The van der Waals surface area contributed by atoms with Gasteiger partial charge in [0.25, 0.3) is 0 Å². The number of rotatable bonds is 5. The molecule has 2 aliphatic heterocycles. The Balaban J connectivity index is 1.31. The van der Waals surface area contributed by atoms with Crippen molar-refractivity contribution in [3.05, 3.63) is 51.5 Å². The molecule has 2 aliphatic rings. The molecular weight excluding hydrogens is 415 g/mol. The van der Waals surface area contributed by atoms with Crippen molar-refractivity contribution in [2.45, 2.75) is 50.2 Å². The lowest BCUT2D eigenvalue weighted by molar-refractivity contribution is -0.137. The van der Waals surface area contributed by atoms with Gasteiger partial charge >= 0.3 is 6.18 Å². The number of aliphatic hydroxyl groups excluding tert-OH is 1. The highest BCUT2D eigenvalue weighted by Gasteiger charge is 2.36. The summed E-state index contributed by atoms with van der Waals surface area (Å²) in [5.74, 6) is 0. The fraction of sp³-hybridized carbons (Fsp3) is 0.571. The van der Waals surface area contributed by atoms with Gasteiger partial charge in [-0.3, -0.25) is 9.80 Å². The minimum atomic E-state index is -4.32. The standard InChI is InChI=1S/C21H26F3N3O2S/c22-21(23,24)16-3-1-15(2-4-16)11-26-9-6-20(29,7-10-26)18-14-30-19(25-18)13-27-8-5-17(28)12-27/h1-4,14,17,28-29H,5-13H2. The number of benzene rings is 1. The van der Waals surface area contributed by atoms with Crippen molar-refractivity contribution in [2.24, 2.45) is 0 Å². The number of nitrogens with zero attached hydrogens (tertiary/aromatic N) is 3. The molecule has 0 radical (unpaired) electrons. The molecular formula is C21H26F3N3O2S. The first kappa shape index (κ1) is 21.7. The van der Waals surface area contributed by atoms with E-state index in [2.05, 4.69) is 14.8 Å². The van der Waals surface area contributed by atoms with Crippen LogP contribution in [0.3, 0.4) is 0 Å². The highest BCUT2D eigenvalue weighted by atomic mass is 32.1. The van der Waals surface area contributed by atoms with E-state index in [0.717, 1.165) is 35.7 Å². The van der Waals surface area contributed by atoms with Gasteiger partial charge in [-0.2, -0.15) is 13.2 Å². The Morgan fingerprint density at radius 3 is 2.37 bits per heavy atom. The molecule has 5 nitrogen and oxygen atoms in total. The molecule has 1 atom stereocenters. The maximum Gasteiger partial charge on any atom is 0.416 e. The number of piperidine rings is 1. The molecule has 1 aromatic carbocycles. The Kier molecular flexibility index (Phi) is 6.18. The van der Waals surface area contributed by atoms with Crippen molar-refractivity contribution in [3.8, 4) is 0 Å². The first-order valence-electron chi connectivity index (χ1n) is 10.2. The van der Waals surface area contributed by atoms with Crippen LogP contribution in [0.4, 0.5) is 13.2 Å². The van der Waals surface area contributed by atoms with E-state index in [9.17, 15) is 23.4 Å². The van der Waals surface area contributed by atoms with Crippen LogP contribution in [0.15, 0.2) is 29.6 Å². The van der Waals surface area contributed by atoms with Gasteiger partial charge in [0.1, 0.15) is 10.6 Å². The summed E-state index contributed by atoms with van der Waals surface area (Å²) >= 11 is 1.54. The zero-order chi connectivity index (χ0) is 21.4. The number of hydrogen-bond donors (Lipinski definition) is 2. The molecule has 0 aliphatic carbocycles. The molecule has 1 unspecified atom stereocenters. The number of aliphatic hydroxyl groups is 2. The Morgan fingerprint density at radius 1 is 1.07 bits per heavy atom. The largest absolute Gasteiger partial charge is 0.416 e. The summed E-state index contributed by atoms with van der Waals surface area (Å²) in [6.07, 6.45) is -2.71. The number of aromatic nitrogens is 1. The van der Waals surface area contributed by atoms with E-state index in [4.69, 9.17) is 0 Å². The zero-order valence-corrected chi connectivity index (χ0v) is 17.4. The summed E-state index contributed by atoms with van der Waals surface area (Å²) < 4.78 is 38.1. The maximum atomic E-state index is 12.7. The molecule has 3 heterocycles.